The molecule has 0 N–H and O–H groups in total. The molecule has 0 heterocycles. The van der Waals surface area contributed by atoms with Gasteiger partial charge in [0, 0.05) is 14.8 Å². The molecule has 0 saturated carbocycles. The fourth-order valence-electron chi connectivity index (χ4n) is 1.03. The molecule has 4 heteroatoms. The predicted octanol–water partition coefficient (Wildman–Crippen LogP) is 3.17. The Labute approximate surface area is 107 Å². The average molecular weight is 303 g/mol. The van der Waals surface area contributed by atoms with Crippen molar-refractivity contribution in [2.24, 2.45) is 5.41 Å². The van der Waals surface area contributed by atoms with Crippen LogP contribution in [0.25, 0.3) is 0 Å². The normalized spacial score (nSPS) is 13.5. The van der Waals surface area contributed by atoms with Gasteiger partial charge < -0.3 is 0 Å². The van der Waals surface area contributed by atoms with Gasteiger partial charge in [-0.05, 0) is 18.2 Å². The van der Waals surface area contributed by atoms with E-state index in [1.165, 1.54) is 0 Å². The Morgan fingerprint density at radius 1 is 1.38 bits per heavy atom. The summed E-state index contributed by atoms with van der Waals surface area (Å²) < 4.78 is 12.8. The maximum Gasteiger partial charge on any atom is 0.151 e. The Kier molecular flexibility index (Phi) is 4.44. The van der Waals surface area contributed by atoms with Gasteiger partial charge in [0.1, 0.15) is 0 Å². The first-order chi connectivity index (χ1) is 7.30. The molecule has 0 aliphatic rings. The third-order valence-corrected chi connectivity index (χ3v) is 3.96. The van der Waals surface area contributed by atoms with E-state index in [1.54, 1.807) is 12.1 Å². The standard InChI is InChI=1S/C12H15BrO2S/c1-12(2,3)11(14)8-16(15)10-6-4-5-9(13)7-10/h4-7H,8H2,1-3H3. The number of Topliss-reactive ketones (excluding diaryl/α,β-unsaturated/α-hetero) is 1. The van der Waals surface area contributed by atoms with E-state index in [9.17, 15) is 9.00 Å². The Morgan fingerprint density at radius 3 is 2.50 bits per heavy atom. The van der Waals surface area contributed by atoms with Gasteiger partial charge in [-0.25, -0.2) is 0 Å². The van der Waals surface area contributed by atoms with Crippen LogP contribution >= 0.6 is 15.9 Å². The monoisotopic (exact) mass is 302 g/mol. The van der Waals surface area contributed by atoms with Crippen LogP contribution in [0.4, 0.5) is 0 Å². The minimum Gasteiger partial charge on any atom is -0.298 e. The van der Waals surface area contributed by atoms with Crippen molar-refractivity contribution in [3.63, 3.8) is 0 Å². The van der Waals surface area contributed by atoms with Gasteiger partial charge in [0.2, 0.25) is 0 Å². The van der Waals surface area contributed by atoms with Crippen molar-refractivity contribution in [1.82, 2.24) is 0 Å². The molecule has 0 aromatic heterocycles. The number of hydrogen-bond donors (Lipinski definition) is 0. The molecule has 0 amide bonds. The molecule has 0 spiro atoms. The van der Waals surface area contributed by atoms with Crippen molar-refractivity contribution in [2.45, 2.75) is 25.7 Å². The zero-order valence-electron chi connectivity index (χ0n) is 9.62. The molecule has 0 bridgehead atoms. The van der Waals surface area contributed by atoms with Crippen LogP contribution in [-0.4, -0.2) is 15.7 Å². The Bertz CT molecular complexity index is 421. The smallest absolute Gasteiger partial charge is 0.151 e. The van der Waals surface area contributed by atoms with Gasteiger partial charge in [-0.3, -0.25) is 9.00 Å². The highest BCUT2D eigenvalue weighted by atomic mass is 79.9. The van der Waals surface area contributed by atoms with Crippen molar-refractivity contribution >= 4 is 32.5 Å². The minimum absolute atomic E-state index is 0.0193. The molecular weight excluding hydrogens is 288 g/mol. The summed E-state index contributed by atoms with van der Waals surface area (Å²) in [4.78, 5) is 12.4. The highest BCUT2D eigenvalue weighted by Crippen LogP contribution is 2.19. The van der Waals surface area contributed by atoms with Crippen LogP contribution in [0, 0.1) is 5.41 Å². The van der Waals surface area contributed by atoms with Crippen LogP contribution in [0.2, 0.25) is 0 Å². The molecule has 1 aromatic rings. The summed E-state index contributed by atoms with van der Waals surface area (Å²) in [5.74, 6) is 0.103. The molecule has 0 aliphatic carbocycles. The first kappa shape index (κ1) is 13.6. The Hall–Kier alpha value is -0.480. The second kappa shape index (κ2) is 5.23. The molecule has 0 aliphatic heterocycles. The van der Waals surface area contributed by atoms with E-state index in [4.69, 9.17) is 0 Å². The molecule has 2 nitrogen and oxygen atoms in total. The summed E-state index contributed by atoms with van der Waals surface area (Å²) in [6.45, 7) is 5.52. The van der Waals surface area contributed by atoms with Crippen LogP contribution in [0.1, 0.15) is 20.8 Å². The summed E-state index contributed by atoms with van der Waals surface area (Å²) in [5.41, 5.74) is -0.429. The predicted molar refractivity (Wildman–Crippen MR) is 69.9 cm³/mol. The topological polar surface area (TPSA) is 34.1 Å². The summed E-state index contributed by atoms with van der Waals surface area (Å²) in [5, 5.41) is 0. The van der Waals surface area contributed by atoms with E-state index >= 15 is 0 Å². The van der Waals surface area contributed by atoms with Gasteiger partial charge in [0.15, 0.2) is 5.78 Å². The molecular formula is C12H15BrO2S. The van der Waals surface area contributed by atoms with E-state index in [1.807, 2.05) is 32.9 Å². The largest absolute Gasteiger partial charge is 0.298 e. The van der Waals surface area contributed by atoms with Gasteiger partial charge in [0.25, 0.3) is 0 Å². The quantitative estimate of drug-likeness (QED) is 0.859. The fraction of sp³-hybridized carbons (Fsp3) is 0.417. The Morgan fingerprint density at radius 2 is 2.00 bits per heavy atom. The summed E-state index contributed by atoms with van der Waals surface area (Å²) in [6, 6.07) is 7.24. The number of ketones is 1. The van der Waals surface area contributed by atoms with Crippen LogP contribution in [0.5, 0.6) is 0 Å². The second-order valence-electron chi connectivity index (χ2n) is 4.62. The molecule has 1 aromatic carbocycles. The van der Waals surface area contributed by atoms with Crippen molar-refractivity contribution in [3.05, 3.63) is 28.7 Å². The Balaban J connectivity index is 2.78. The first-order valence-corrected chi connectivity index (χ1v) is 7.09. The van der Waals surface area contributed by atoms with Crippen LogP contribution < -0.4 is 0 Å². The lowest BCUT2D eigenvalue weighted by molar-refractivity contribution is -0.123. The van der Waals surface area contributed by atoms with Gasteiger partial charge in [-0.2, -0.15) is 0 Å². The maximum atomic E-state index is 11.9. The lowest BCUT2D eigenvalue weighted by Crippen LogP contribution is -2.25. The number of halogens is 1. The maximum absolute atomic E-state index is 11.9. The molecule has 1 atom stereocenters. The number of carbonyl (C=O) groups excluding carboxylic acids is 1. The van der Waals surface area contributed by atoms with Crippen LogP contribution in [-0.2, 0) is 15.6 Å². The SMILES string of the molecule is CC(C)(C)C(=O)CS(=O)c1cccc(Br)c1. The summed E-state index contributed by atoms with van der Waals surface area (Å²) >= 11 is 3.32. The van der Waals surface area contributed by atoms with E-state index in [0.717, 1.165) is 4.47 Å². The summed E-state index contributed by atoms with van der Waals surface area (Å²) in [7, 11) is -1.25. The number of rotatable bonds is 3. The highest BCUT2D eigenvalue weighted by Gasteiger charge is 2.23. The third-order valence-electron chi connectivity index (χ3n) is 2.16. The van der Waals surface area contributed by atoms with Crippen molar-refractivity contribution in [3.8, 4) is 0 Å². The van der Waals surface area contributed by atoms with Gasteiger partial charge in [-0.1, -0.05) is 42.8 Å². The number of hydrogen-bond acceptors (Lipinski definition) is 2. The van der Waals surface area contributed by atoms with E-state index < -0.39 is 16.2 Å². The van der Waals surface area contributed by atoms with Crippen molar-refractivity contribution in [1.29, 1.82) is 0 Å². The molecule has 0 saturated heterocycles. The molecule has 16 heavy (non-hydrogen) atoms. The van der Waals surface area contributed by atoms with Gasteiger partial charge >= 0.3 is 0 Å². The summed E-state index contributed by atoms with van der Waals surface area (Å²) in [6.07, 6.45) is 0. The average Bonchev–Trinajstić information content (AvgIpc) is 2.16. The van der Waals surface area contributed by atoms with Gasteiger partial charge in [0.05, 0.1) is 16.6 Å². The minimum atomic E-state index is -1.25. The van der Waals surface area contributed by atoms with E-state index in [2.05, 4.69) is 15.9 Å². The first-order valence-electron chi connectivity index (χ1n) is 4.98. The van der Waals surface area contributed by atoms with Crippen LogP contribution in [0.3, 0.4) is 0 Å². The zero-order valence-corrected chi connectivity index (χ0v) is 12.0. The third kappa shape index (κ3) is 3.83. The van der Waals surface area contributed by atoms with Crippen molar-refractivity contribution in [2.75, 3.05) is 5.75 Å². The van der Waals surface area contributed by atoms with Crippen LogP contribution in [0.15, 0.2) is 33.6 Å². The van der Waals surface area contributed by atoms with Crippen molar-refractivity contribution < 1.29 is 9.00 Å². The van der Waals surface area contributed by atoms with E-state index in [0.29, 0.717) is 4.90 Å². The molecule has 1 unspecified atom stereocenters. The fourth-order valence-corrected chi connectivity index (χ4v) is 2.90. The molecule has 88 valence electrons. The van der Waals surface area contributed by atoms with Gasteiger partial charge in [-0.15, -0.1) is 0 Å². The highest BCUT2D eigenvalue weighted by molar-refractivity contribution is 9.10. The lowest BCUT2D eigenvalue weighted by Gasteiger charge is -2.15. The molecule has 0 fully saturated rings. The lowest BCUT2D eigenvalue weighted by atomic mass is 9.92. The molecule has 0 radical (unpaired) electrons. The molecule has 1 rings (SSSR count). The number of carbonyl (C=O) groups is 1. The zero-order chi connectivity index (χ0) is 12.3. The number of benzene rings is 1. The van der Waals surface area contributed by atoms with E-state index in [-0.39, 0.29) is 11.5 Å². The second-order valence-corrected chi connectivity index (χ2v) is 6.99.